The molecule has 1 aromatic heterocycles. The molecule has 0 unspecified atom stereocenters. The van der Waals surface area contributed by atoms with Crippen molar-refractivity contribution in [3.63, 3.8) is 0 Å². The van der Waals surface area contributed by atoms with Gasteiger partial charge in [0.15, 0.2) is 0 Å². The van der Waals surface area contributed by atoms with Crippen molar-refractivity contribution in [2.24, 2.45) is 5.92 Å². The number of aromatic nitrogens is 2. The Morgan fingerprint density at radius 1 is 1.52 bits per heavy atom. The summed E-state index contributed by atoms with van der Waals surface area (Å²) in [7, 11) is 0. The molecule has 2 aromatic rings. The predicted molar refractivity (Wildman–Crippen MR) is 92.5 cm³/mol. The van der Waals surface area contributed by atoms with Gasteiger partial charge in [0.1, 0.15) is 5.82 Å². The van der Waals surface area contributed by atoms with Crippen molar-refractivity contribution in [1.82, 2.24) is 20.2 Å². The number of carbonyl (C=O) groups excluding carboxylic acids is 1. The van der Waals surface area contributed by atoms with Gasteiger partial charge in [-0.25, -0.2) is 9.78 Å². The molecule has 0 bridgehead atoms. The van der Waals surface area contributed by atoms with Gasteiger partial charge in [-0.15, -0.1) is 6.58 Å². The molecule has 5 nitrogen and oxygen atoms in total. The predicted octanol–water partition coefficient (Wildman–Crippen LogP) is 2.94. The first-order valence-electron chi connectivity index (χ1n) is 8.18. The summed E-state index contributed by atoms with van der Waals surface area (Å²) in [4.78, 5) is 22.0. The molecular formula is C18H24N4O. The Bertz CT molecular complexity index is 734. The Balaban J connectivity index is 1.56. The molecule has 0 spiro atoms. The topological polar surface area (TPSA) is 61.0 Å². The minimum absolute atomic E-state index is 0.0116. The first kappa shape index (κ1) is 15.6. The Labute approximate surface area is 136 Å². The summed E-state index contributed by atoms with van der Waals surface area (Å²) < 4.78 is 0. The van der Waals surface area contributed by atoms with Gasteiger partial charge in [-0.05, 0) is 43.4 Å². The summed E-state index contributed by atoms with van der Waals surface area (Å²) in [5.41, 5.74) is 4.54. The first-order chi connectivity index (χ1) is 11.1. The highest BCUT2D eigenvalue weighted by Gasteiger charge is 2.23. The van der Waals surface area contributed by atoms with Crippen LogP contribution in [0.5, 0.6) is 0 Å². The number of imidazole rings is 1. The maximum Gasteiger partial charge on any atom is 0.317 e. The average Bonchev–Trinajstić information content (AvgIpc) is 3.18. The van der Waals surface area contributed by atoms with Crippen molar-refractivity contribution in [3.05, 3.63) is 41.7 Å². The largest absolute Gasteiger partial charge is 0.342 e. The summed E-state index contributed by atoms with van der Waals surface area (Å²) in [6.07, 6.45) is 3.66. The van der Waals surface area contributed by atoms with Gasteiger partial charge in [0.2, 0.25) is 0 Å². The fourth-order valence-electron chi connectivity index (χ4n) is 3.05. The van der Waals surface area contributed by atoms with E-state index in [2.05, 4.69) is 47.8 Å². The zero-order valence-electron chi connectivity index (χ0n) is 13.9. The highest BCUT2D eigenvalue weighted by Crippen LogP contribution is 2.19. The number of carbonyl (C=O) groups is 1. The molecule has 1 aliphatic rings. The van der Waals surface area contributed by atoms with Gasteiger partial charge >= 0.3 is 6.03 Å². The van der Waals surface area contributed by atoms with Gasteiger partial charge in [-0.3, -0.25) is 0 Å². The Morgan fingerprint density at radius 2 is 2.35 bits per heavy atom. The number of aromatic amines is 1. The number of nitrogens with one attached hydrogen (secondary N) is 2. The molecule has 23 heavy (non-hydrogen) atoms. The van der Waals surface area contributed by atoms with Crippen LogP contribution in [0.1, 0.15) is 23.4 Å². The second kappa shape index (κ2) is 6.44. The van der Waals surface area contributed by atoms with E-state index in [4.69, 9.17) is 0 Å². The van der Waals surface area contributed by atoms with E-state index >= 15 is 0 Å². The molecular weight excluding hydrogens is 288 g/mol. The van der Waals surface area contributed by atoms with Crippen molar-refractivity contribution in [3.8, 4) is 0 Å². The van der Waals surface area contributed by atoms with E-state index in [1.54, 1.807) is 0 Å². The maximum absolute atomic E-state index is 12.1. The highest BCUT2D eigenvalue weighted by atomic mass is 16.2. The van der Waals surface area contributed by atoms with E-state index in [-0.39, 0.29) is 6.03 Å². The highest BCUT2D eigenvalue weighted by molar-refractivity contribution is 5.80. The molecule has 2 amide bonds. The SMILES string of the molecule is C=C[C@H]1CCN(C(=O)NCCc2nc3c(C)c(C)ccc3[nH]2)C1. The summed E-state index contributed by atoms with van der Waals surface area (Å²) >= 11 is 0. The van der Waals surface area contributed by atoms with Crippen molar-refractivity contribution >= 4 is 17.1 Å². The van der Waals surface area contributed by atoms with Crippen LogP contribution in [0, 0.1) is 19.8 Å². The lowest BCUT2D eigenvalue weighted by molar-refractivity contribution is 0.208. The van der Waals surface area contributed by atoms with E-state index in [0.717, 1.165) is 36.4 Å². The second-order valence-electron chi connectivity index (χ2n) is 6.30. The zero-order chi connectivity index (χ0) is 16.4. The lowest BCUT2D eigenvalue weighted by Gasteiger charge is -2.16. The van der Waals surface area contributed by atoms with E-state index in [1.165, 1.54) is 11.1 Å². The molecule has 1 aromatic carbocycles. The molecule has 1 aliphatic heterocycles. The molecule has 5 heteroatoms. The fraction of sp³-hybridized carbons (Fsp3) is 0.444. The fourth-order valence-corrected chi connectivity index (χ4v) is 3.05. The molecule has 0 radical (unpaired) electrons. The molecule has 3 rings (SSSR count). The summed E-state index contributed by atoms with van der Waals surface area (Å²) in [5, 5.41) is 2.98. The molecule has 1 atom stereocenters. The van der Waals surface area contributed by atoms with Crippen LogP contribution >= 0.6 is 0 Å². The van der Waals surface area contributed by atoms with Crippen LogP contribution in [-0.2, 0) is 6.42 Å². The number of aryl methyl sites for hydroxylation is 2. The van der Waals surface area contributed by atoms with Crippen LogP contribution < -0.4 is 5.32 Å². The number of fused-ring (bicyclic) bond motifs is 1. The zero-order valence-corrected chi connectivity index (χ0v) is 13.9. The van der Waals surface area contributed by atoms with Gasteiger partial charge in [0, 0.05) is 26.1 Å². The van der Waals surface area contributed by atoms with Crippen molar-refractivity contribution in [1.29, 1.82) is 0 Å². The second-order valence-corrected chi connectivity index (χ2v) is 6.30. The minimum Gasteiger partial charge on any atom is -0.342 e. The lowest BCUT2D eigenvalue weighted by atomic mass is 10.1. The quantitative estimate of drug-likeness (QED) is 0.853. The van der Waals surface area contributed by atoms with Crippen molar-refractivity contribution in [2.75, 3.05) is 19.6 Å². The monoisotopic (exact) mass is 312 g/mol. The molecule has 2 N–H and O–H groups in total. The number of likely N-dealkylation sites (tertiary alicyclic amines) is 1. The molecule has 1 fully saturated rings. The van der Waals surface area contributed by atoms with Gasteiger partial charge in [-0.2, -0.15) is 0 Å². The van der Waals surface area contributed by atoms with Crippen LogP contribution in [0.4, 0.5) is 4.79 Å². The Kier molecular flexibility index (Phi) is 4.37. The Morgan fingerprint density at radius 3 is 3.09 bits per heavy atom. The van der Waals surface area contributed by atoms with Gasteiger partial charge in [0.05, 0.1) is 11.0 Å². The molecule has 122 valence electrons. The number of rotatable bonds is 4. The van der Waals surface area contributed by atoms with Crippen molar-refractivity contribution in [2.45, 2.75) is 26.7 Å². The number of nitrogens with zero attached hydrogens (tertiary/aromatic N) is 2. The third-order valence-electron chi connectivity index (χ3n) is 4.71. The number of benzene rings is 1. The normalized spacial score (nSPS) is 17.7. The van der Waals surface area contributed by atoms with Crippen LogP contribution in [0.3, 0.4) is 0 Å². The van der Waals surface area contributed by atoms with E-state index in [0.29, 0.717) is 18.9 Å². The van der Waals surface area contributed by atoms with Gasteiger partial charge in [-0.1, -0.05) is 12.1 Å². The smallest absolute Gasteiger partial charge is 0.317 e. The van der Waals surface area contributed by atoms with Gasteiger partial charge < -0.3 is 15.2 Å². The molecule has 0 aliphatic carbocycles. The summed E-state index contributed by atoms with van der Waals surface area (Å²) in [6.45, 7) is 10.2. The third-order valence-corrected chi connectivity index (χ3v) is 4.71. The number of amides is 2. The van der Waals surface area contributed by atoms with E-state index < -0.39 is 0 Å². The third kappa shape index (κ3) is 3.23. The van der Waals surface area contributed by atoms with Crippen LogP contribution in [-0.4, -0.2) is 40.5 Å². The standard InChI is InChI=1S/C18H24N4O/c1-4-14-8-10-22(11-14)18(23)19-9-7-16-20-15-6-5-12(2)13(3)17(15)21-16/h4-6,14H,1,7-11H2,2-3H3,(H,19,23)(H,20,21)/t14-/m0/s1. The van der Waals surface area contributed by atoms with Crippen LogP contribution in [0.25, 0.3) is 11.0 Å². The number of urea groups is 1. The summed E-state index contributed by atoms with van der Waals surface area (Å²) in [5.74, 6) is 1.35. The van der Waals surface area contributed by atoms with Crippen LogP contribution in [0.2, 0.25) is 0 Å². The molecule has 2 heterocycles. The number of H-pyrrole nitrogens is 1. The van der Waals surface area contributed by atoms with Crippen molar-refractivity contribution < 1.29 is 4.79 Å². The molecule has 0 saturated carbocycles. The van der Waals surface area contributed by atoms with Crippen LogP contribution in [0.15, 0.2) is 24.8 Å². The maximum atomic E-state index is 12.1. The Hall–Kier alpha value is -2.30. The number of hydrogen-bond acceptors (Lipinski definition) is 2. The first-order valence-corrected chi connectivity index (χ1v) is 8.18. The lowest BCUT2D eigenvalue weighted by Crippen LogP contribution is -2.39. The van der Waals surface area contributed by atoms with E-state index in [9.17, 15) is 4.79 Å². The molecule has 1 saturated heterocycles. The van der Waals surface area contributed by atoms with Gasteiger partial charge in [0.25, 0.3) is 0 Å². The van der Waals surface area contributed by atoms with E-state index in [1.807, 2.05) is 11.0 Å². The minimum atomic E-state index is 0.0116. The average molecular weight is 312 g/mol. The summed E-state index contributed by atoms with van der Waals surface area (Å²) in [6, 6.07) is 4.18. The number of hydrogen-bond donors (Lipinski definition) is 2.